The Morgan fingerprint density at radius 1 is 1.15 bits per heavy atom. The van der Waals surface area contributed by atoms with Gasteiger partial charge in [-0.2, -0.15) is 5.10 Å². The van der Waals surface area contributed by atoms with Crippen molar-refractivity contribution in [1.82, 2.24) is 9.78 Å². The first kappa shape index (κ1) is 18.9. The van der Waals surface area contributed by atoms with Gasteiger partial charge in [0.25, 0.3) is 5.91 Å². The Morgan fingerprint density at radius 2 is 1.85 bits per heavy atom. The molecule has 0 saturated heterocycles. The molecule has 0 unspecified atom stereocenters. The lowest BCUT2D eigenvalue weighted by molar-refractivity contribution is 0.102. The van der Waals surface area contributed by atoms with Crippen molar-refractivity contribution in [1.29, 1.82) is 0 Å². The van der Waals surface area contributed by atoms with Crippen molar-refractivity contribution in [3.05, 3.63) is 65.4 Å². The SMILES string of the molecule is COc1cc(NC(=O)c2cnn(C)c2)cc(S(=O)(=O)c2ccc(Cl)cc2)c1. The predicted molar refractivity (Wildman–Crippen MR) is 101 cm³/mol. The fraction of sp³-hybridized carbons (Fsp3) is 0.111. The van der Waals surface area contributed by atoms with Crippen molar-refractivity contribution in [2.75, 3.05) is 12.4 Å². The maximum Gasteiger partial charge on any atom is 0.258 e. The average Bonchev–Trinajstić information content (AvgIpc) is 3.08. The molecule has 9 heteroatoms. The van der Waals surface area contributed by atoms with E-state index in [-0.39, 0.29) is 15.5 Å². The maximum absolute atomic E-state index is 12.9. The first-order chi connectivity index (χ1) is 12.8. The highest BCUT2D eigenvalue weighted by Gasteiger charge is 2.20. The van der Waals surface area contributed by atoms with Gasteiger partial charge < -0.3 is 10.1 Å². The Bertz CT molecular complexity index is 1090. The Morgan fingerprint density at radius 3 is 2.44 bits per heavy atom. The summed E-state index contributed by atoms with van der Waals surface area (Å²) in [5.41, 5.74) is 0.637. The highest BCUT2D eigenvalue weighted by molar-refractivity contribution is 7.91. The van der Waals surface area contributed by atoms with Crippen molar-refractivity contribution in [2.45, 2.75) is 9.79 Å². The van der Waals surface area contributed by atoms with E-state index < -0.39 is 15.7 Å². The number of ether oxygens (including phenoxy) is 1. The Kier molecular flexibility index (Phi) is 5.20. The molecule has 3 rings (SSSR count). The van der Waals surface area contributed by atoms with Gasteiger partial charge in [0.05, 0.1) is 28.7 Å². The van der Waals surface area contributed by atoms with Crippen molar-refractivity contribution in [3.8, 4) is 5.75 Å². The molecule has 0 aliphatic rings. The summed E-state index contributed by atoms with van der Waals surface area (Å²) in [5, 5.41) is 7.04. The van der Waals surface area contributed by atoms with Gasteiger partial charge in [-0.1, -0.05) is 11.6 Å². The zero-order chi connectivity index (χ0) is 19.6. The normalized spacial score (nSPS) is 11.2. The monoisotopic (exact) mass is 405 g/mol. The van der Waals surface area contributed by atoms with Crippen LogP contribution in [0.15, 0.2) is 64.6 Å². The molecule has 27 heavy (non-hydrogen) atoms. The number of rotatable bonds is 5. The van der Waals surface area contributed by atoms with Crippen molar-refractivity contribution in [3.63, 3.8) is 0 Å². The number of halogens is 1. The van der Waals surface area contributed by atoms with Crippen LogP contribution in [0.1, 0.15) is 10.4 Å². The highest BCUT2D eigenvalue weighted by Crippen LogP contribution is 2.29. The second-order valence-corrected chi connectivity index (χ2v) is 8.10. The van der Waals surface area contributed by atoms with E-state index in [1.165, 1.54) is 60.5 Å². The van der Waals surface area contributed by atoms with Crippen LogP contribution >= 0.6 is 11.6 Å². The van der Waals surface area contributed by atoms with Crippen LogP contribution in [0.3, 0.4) is 0 Å². The number of carbonyl (C=O) groups excluding carboxylic acids is 1. The van der Waals surface area contributed by atoms with E-state index in [4.69, 9.17) is 16.3 Å². The van der Waals surface area contributed by atoms with Crippen LogP contribution in [-0.2, 0) is 16.9 Å². The smallest absolute Gasteiger partial charge is 0.258 e. The van der Waals surface area contributed by atoms with E-state index in [0.29, 0.717) is 16.3 Å². The quantitative estimate of drug-likeness (QED) is 0.704. The second kappa shape index (κ2) is 7.42. The number of carbonyl (C=O) groups is 1. The molecule has 0 spiro atoms. The lowest BCUT2D eigenvalue weighted by Crippen LogP contribution is -2.12. The van der Waals surface area contributed by atoms with Gasteiger partial charge >= 0.3 is 0 Å². The van der Waals surface area contributed by atoms with Crippen molar-refractivity contribution in [2.24, 2.45) is 7.05 Å². The highest BCUT2D eigenvalue weighted by atomic mass is 35.5. The van der Waals surface area contributed by atoms with Crippen LogP contribution < -0.4 is 10.1 Å². The minimum absolute atomic E-state index is 0.00865. The summed E-state index contributed by atoms with van der Waals surface area (Å²) >= 11 is 5.83. The van der Waals surface area contributed by atoms with Crippen molar-refractivity contribution >= 4 is 33.0 Å². The summed E-state index contributed by atoms with van der Waals surface area (Å²) in [7, 11) is -0.703. The minimum Gasteiger partial charge on any atom is -0.497 e. The van der Waals surface area contributed by atoms with Crippen LogP contribution in [0, 0.1) is 0 Å². The molecule has 0 aliphatic carbocycles. The summed E-state index contributed by atoms with van der Waals surface area (Å²) in [6.45, 7) is 0. The summed E-state index contributed by atoms with van der Waals surface area (Å²) in [6.07, 6.45) is 2.97. The Balaban J connectivity index is 1.98. The van der Waals surface area contributed by atoms with E-state index in [1.807, 2.05) is 0 Å². The lowest BCUT2D eigenvalue weighted by Gasteiger charge is -2.11. The molecule has 1 N–H and O–H groups in total. The summed E-state index contributed by atoms with van der Waals surface area (Å²) in [5.74, 6) is -0.113. The molecule has 0 bridgehead atoms. The van der Waals surface area contributed by atoms with E-state index in [0.717, 1.165) is 0 Å². The van der Waals surface area contributed by atoms with Crippen LogP contribution in [0.4, 0.5) is 5.69 Å². The minimum atomic E-state index is -3.81. The van der Waals surface area contributed by atoms with Crippen LogP contribution in [0.25, 0.3) is 0 Å². The van der Waals surface area contributed by atoms with Gasteiger partial charge in [0, 0.05) is 30.0 Å². The van der Waals surface area contributed by atoms with Crippen LogP contribution in [0.5, 0.6) is 5.75 Å². The number of aryl methyl sites for hydroxylation is 1. The number of nitrogens with zero attached hydrogens (tertiary/aromatic N) is 2. The third-order valence-electron chi connectivity index (χ3n) is 3.77. The lowest BCUT2D eigenvalue weighted by atomic mass is 10.2. The molecule has 0 fully saturated rings. The first-order valence-electron chi connectivity index (χ1n) is 7.79. The molecular formula is C18H16ClN3O4S. The van der Waals surface area contributed by atoms with Gasteiger partial charge in [-0.05, 0) is 36.4 Å². The number of sulfone groups is 1. The van der Waals surface area contributed by atoms with E-state index in [9.17, 15) is 13.2 Å². The molecule has 0 saturated carbocycles. The molecule has 0 atom stereocenters. The van der Waals surface area contributed by atoms with Crippen LogP contribution in [-0.4, -0.2) is 31.2 Å². The standard InChI is InChI=1S/C18H16ClN3O4S/c1-22-11-12(10-20-22)18(23)21-14-7-15(26-2)9-17(8-14)27(24,25)16-5-3-13(19)4-6-16/h3-11H,1-2H3,(H,21,23). The molecule has 1 heterocycles. The molecular weight excluding hydrogens is 390 g/mol. The van der Waals surface area contributed by atoms with Gasteiger partial charge in [-0.3, -0.25) is 9.48 Å². The topological polar surface area (TPSA) is 90.3 Å². The molecule has 0 radical (unpaired) electrons. The third kappa shape index (κ3) is 4.12. The molecule has 1 aromatic heterocycles. The molecule has 140 valence electrons. The number of anilines is 1. The van der Waals surface area contributed by atoms with Gasteiger partial charge in [0.1, 0.15) is 5.75 Å². The molecule has 7 nitrogen and oxygen atoms in total. The zero-order valence-electron chi connectivity index (χ0n) is 14.5. The fourth-order valence-corrected chi connectivity index (χ4v) is 3.85. The fourth-order valence-electron chi connectivity index (χ4n) is 2.41. The summed E-state index contributed by atoms with van der Waals surface area (Å²) < 4.78 is 32.5. The number of benzene rings is 2. The van der Waals surface area contributed by atoms with Gasteiger partial charge in [-0.25, -0.2) is 8.42 Å². The van der Waals surface area contributed by atoms with Gasteiger partial charge in [0.2, 0.25) is 9.84 Å². The summed E-state index contributed by atoms with van der Waals surface area (Å²) in [6, 6.07) is 10.1. The number of nitrogens with one attached hydrogen (secondary N) is 1. The molecule has 2 aromatic carbocycles. The summed E-state index contributed by atoms with van der Waals surface area (Å²) in [4.78, 5) is 12.4. The molecule has 1 amide bonds. The number of aromatic nitrogens is 2. The Labute approximate surface area is 161 Å². The third-order valence-corrected chi connectivity index (χ3v) is 5.78. The zero-order valence-corrected chi connectivity index (χ0v) is 16.1. The van der Waals surface area contributed by atoms with Crippen LogP contribution in [0.2, 0.25) is 5.02 Å². The largest absolute Gasteiger partial charge is 0.497 e. The first-order valence-corrected chi connectivity index (χ1v) is 9.65. The van der Waals surface area contributed by atoms with E-state index in [2.05, 4.69) is 10.4 Å². The van der Waals surface area contributed by atoms with E-state index >= 15 is 0 Å². The second-order valence-electron chi connectivity index (χ2n) is 5.71. The van der Waals surface area contributed by atoms with Gasteiger partial charge in [-0.15, -0.1) is 0 Å². The molecule has 0 aliphatic heterocycles. The average molecular weight is 406 g/mol. The molecule has 3 aromatic rings. The van der Waals surface area contributed by atoms with E-state index in [1.54, 1.807) is 13.2 Å². The number of methoxy groups -OCH3 is 1. The number of amides is 1. The predicted octanol–water partition coefficient (Wildman–Crippen LogP) is 3.17. The van der Waals surface area contributed by atoms with Crippen molar-refractivity contribution < 1.29 is 17.9 Å². The Hall–Kier alpha value is -2.84. The number of hydrogen-bond donors (Lipinski definition) is 1. The number of hydrogen-bond acceptors (Lipinski definition) is 5. The maximum atomic E-state index is 12.9. The van der Waals surface area contributed by atoms with Gasteiger partial charge in [0.15, 0.2) is 0 Å².